The molecule has 1 aliphatic rings. The minimum Gasteiger partial charge on any atom is -0.378 e. The molecule has 0 saturated carbocycles. The van der Waals surface area contributed by atoms with Crippen LogP contribution in [0.4, 0.5) is 5.69 Å². The van der Waals surface area contributed by atoms with Crippen LogP contribution >= 0.6 is 11.6 Å². The Bertz CT molecular complexity index is 1300. The molecule has 2 amide bonds. The molecule has 0 spiro atoms. The summed E-state index contributed by atoms with van der Waals surface area (Å²) in [4.78, 5) is 38.5. The Labute approximate surface area is 202 Å². The van der Waals surface area contributed by atoms with Crippen LogP contribution in [0.5, 0.6) is 0 Å². The number of amides is 2. The predicted molar refractivity (Wildman–Crippen MR) is 131 cm³/mol. The summed E-state index contributed by atoms with van der Waals surface area (Å²) in [6.07, 6.45) is 0.668. The lowest BCUT2D eigenvalue weighted by atomic mass is 10.0. The number of aromatic nitrogens is 1. The van der Waals surface area contributed by atoms with Crippen LogP contribution in [0, 0.1) is 6.92 Å². The van der Waals surface area contributed by atoms with E-state index in [1.807, 2.05) is 60.0 Å². The Morgan fingerprint density at radius 1 is 1.15 bits per heavy atom. The van der Waals surface area contributed by atoms with E-state index in [9.17, 15) is 14.4 Å². The number of methoxy groups -OCH3 is 1. The molecule has 1 atom stereocenters. The molecule has 0 radical (unpaired) electrons. The molecule has 1 unspecified atom stereocenters. The van der Waals surface area contributed by atoms with Crippen molar-refractivity contribution in [3.8, 4) is 0 Å². The minimum absolute atomic E-state index is 0.0326. The van der Waals surface area contributed by atoms with Gasteiger partial charge in [0, 0.05) is 42.7 Å². The highest BCUT2D eigenvalue weighted by molar-refractivity contribution is 6.30. The third-order valence-corrected chi connectivity index (χ3v) is 6.26. The molecule has 0 aliphatic carbocycles. The smallest absolute Gasteiger partial charge is 0.257 e. The normalized spacial score (nSPS) is 14.6. The molecule has 0 saturated heterocycles. The average Bonchev–Trinajstić information content (AvgIpc) is 3.12. The van der Waals surface area contributed by atoms with Gasteiger partial charge in [0.15, 0.2) is 5.43 Å². The van der Waals surface area contributed by atoms with Crippen LogP contribution < -0.4 is 16.1 Å². The summed E-state index contributed by atoms with van der Waals surface area (Å²) in [5.41, 5.74) is 3.51. The second-order valence-corrected chi connectivity index (χ2v) is 8.71. The van der Waals surface area contributed by atoms with Gasteiger partial charge in [0.05, 0.1) is 18.2 Å². The Hall–Kier alpha value is -3.42. The third-order valence-electron chi connectivity index (χ3n) is 6.03. The highest BCUT2D eigenvalue weighted by Gasteiger charge is 2.31. The zero-order valence-corrected chi connectivity index (χ0v) is 19.8. The van der Waals surface area contributed by atoms with Gasteiger partial charge in [-0.1, -0.05) is 41.9 Å². The number of pyridine rings is 1. The summed E-state index contributed by atoms with van der Waals surface area (Å²) in [5, 5.41) is 6.27. The molecule has 0 bridgehead atoms. The predicted octanol–water partition coefficient (Wildman–Crippen LogP) is 3.66. The molecule has 1 aliphatic heterocycles. The standard InChI is InChI=1S/C26H26ClN3O4/c1-16-12-23(31)24(22(15-34-2)30(16)11-10-17-6-5-7-18(27)13-17)26(33)28-14-20-19-8-3-4-9-21(19)29-25(20)32/h3-9,12-13,20H,10-11,14-15H2,1-2H3,(H,28,33)(H,29,32). The number of carbonyl (C=O) groups excluding carboxylic acids is 2. The van der Waals surface area contributed by atoms with E-state index in [1.165, 1.54) is 13.2 Å². The molecular weight excluding hydrogens is 454 g/mol. The van der Waals surface area contributed by atoms with E-state index in [1.54, 1.807) is 0 Å². The van der Waals surface area contributed by atoms with Crippen LogP contribution in [0.2, 0.25) is 5.02 Å². The Balaban J connectivity index is 1.59. The number of rotatable bonds is 8. The molecule has 7 nitrogen and oxygen atoms in total. The monoisotopic (exact) mass is 479 g/mol. The molecule has 2 aromatic carbocycles. The van der Waals surface area contributed by atoms with Crippen LogP contribution in [-0.4, -0.2) is 30.0 Å². The van der Waals surface area contributed by atoms with Gasteiger partial charge in [0.2, 0.25) is 5.91 Å². The van der Waals surface area contributed by atoms with E-state index in [0.29, 0.717) is 23.7 Å². The summed E-state index contributed by atoms with van der Waals surface area (Å²) in [6, 6.07) is 16.4. The Morgan fingerprint density at radius 2 is 1.94 bits per heavy atom. The summed E-state index contributed by atoms with van der Waals surface area (Å²) in [5.74, 6) is -1.21. The lowest BCUT2D eigenvalue weighted by molar-refractivity contribution is -0.116. The third kappa shape index (κ3) is 4.90. The molecule has 1 aromatic heterocycles. The Morgan fingerprint density at radius 3 is 2.71 bits per heavy atom. The van der Waals surface area contributed by atoms with Crippen LogP contribution in [0.25, 0.3) is 0 Å². The molecule has 2 heterocycles. The van der Waals surface area contributed by atoms with Gasteiger partial charge in [-0.3, -0.25) is 14.4 Å². The largest absolute Gasteiger partial charge is 0.378 e. The van der Waals surface area contributed by atoms with Crippen LogP contribution in [0.15, 0.2) is 59.4 Å². The first-order chi connectivity index (χ1) is 16.4. The second kappa shape index (κ2) is 10.2. The fraction of sp³-hybridized carbons (Fsp3) is 0.269. The van der Waals surface area contributed by atoms with Gasteiger partial charge in [-0.25, -0.2) is 0 Å². The summed E-state index contributed by atoms with van der Waals surface area (Å²) >= 11 is 6.11. The number of anilines is 1. The first-order valence-corrected chi connectivity index (χ1v) is 11.4. The van der Waals surface area contributed by atoms with Gasteiger partial charge in [0.1, 0.15) is 5.56 Å². The highest BCUT2D eigenvalue weighted by Crippen LogP contribution is 2.31. The van der Waals surface area contributed by atoms with E-state index in [2.05, 4.69) is 10.6 Å². The molecule has 34 heavy (non-hydrogen) atoms. The zero-order valence-electron chi connectivity index (χ0n) is 19.1. The number of carbonyl (C=O) groups is 2. The van der Waals surface area contributed by atoms with Gasteiger partial charge in [-0.05, 0) is 42.7 Å². The zero-order chi connectivity index (χ0) is 24.2. The van der Waals surface area contributed by atoms with E-state index in [-0.39, 0.29) is 30.1 Å². The highest BCUT2D eigenvalue weighted by atomic mass is 35.5. The number of aryl methyl sites for hydroxylation is 2. The Kier molecular flexibility index (Phi) is 7.14. The topological polar surface area (TPSA) is 89.4 Å². The van der Waals surface area contributed by atoms with Crippen molar-refractivity contribution in [2.45, 2.75) is 32.4 Å². The number of fused-ring (bicyclic) bond motifs is 1. The summed E-state index contributed by atoms with van der Waals surface area (Å²) < 4.78 is 7.29. The average molecular weight is 480 g/mol. The molecule has 4 rings (SSSR count). The van der Waals surface area contributed by atoms with E-state index >= 15 is 0 Å². The van der Waals surface area contributed by atoms with Crippen LogP contribution in [0.3, 0.4) is 0 Å². The molecule has 3 aromatic rings. The van der Waals surface area contributed by atoms with Crippen molar-refractivity contribution in [1.82, 2.24) is 9.88 Å². The number of para-hydroxylation sites is 1. The minimum atomic E-state index is -0.522. The quantitative estimate of drug-likeness (QED) is 0.516. The lowest BCUT2D eigenvalue weighted by Gasteiger charge is -2.20. The number of hydrogen-bond donors (Lipinski definition) is 2. The fourth-order valence-electron chi connectivity index (χ4n) is 4.37. The maximum atomic E-state index is 13.2. The number of nitrogens with zero attached hydrogens (tertiary/aromatic N) is 1. The maximum Gasteiger partial charge on any atom is 0.257 e. The molecular formula is C26H26ClN3O4. The van der Waals surface area contributed by atoms with Gasteiger partial charge < -0.3 is 19.9 Å². The van der Waals surface area contributed by atoms with Crippen molar-refractivity contribution in [2.75, 3.05) is 19.0 Å². The number of benzene rings is 2. The summed E-state index contributed by atoms with van der Waals surface area (Å²) in [7, 11) is 1.52. The first-order valence-electron chi connectivity index (χ1n) is 11.0. The van der Waals surface area contributed by atoms with Crippen molar-refractivity contribution >= 4 is 29.1 Å². The van der Waals surface area contributed by atoms with E-state index in [4.69, 9.17) is 16.3 Å². The fourth-order valence-corrected chi connectivity index (χ4v) is 4.58. The van der Waals surface area contributed by atoms with E-state index < -0.39 is 11.8 Å². The molecule has 8 heteroatoms. The number of halogens is 1. The van der Waals surface area contributed by atoms with Crippen LogP contribution in [-0.2, 0) is 29.1 Å². The van der Waals surface area contributed by atoms with Crippen LogP contribution in [0.1, 0.15) is 38.8 Å². The number of hydrogen-bond acceptors (Lipinski definition) is 4. The summed E-state index contributed by atoms with van der Waals surface area (Å²) in [6.45, 7) is 2.57. The first kappa shape index (κ1) is 23.7. The molecule has 176 valence electrons. The van der Waals surface area contributed by atoms with Gasteiger partial charge in [-0.2, -0.15) is 0 Å². The number of ether oxygens (including phenoxy) is 1. The maximum absolute atomic E-state index is 13.2. The number of nitrogens with one attached hydrogen (secondary N) is 2. The molecule has 0 fully saturated rings. The van der Waals surface area contributed by atoms with Gasteiger partial charge >= 0.3 is 0 Å². The van der Waals surface area contributed by atoms with Gasteiger partial charge in [0.25, 0.3) is 5.91 Å². The lowest BCUT2D eigenvalue weighted by Crippen LogP contribution is -2.36. The van der Waals surface area contributed by atoms with Crippen molar-refractivity contribution in [1.29, 1.82) is 0 Å². The SMILES string of the molecule is COCc1c(C(=O)NCC2C(=O)Nc3ccccc32)c(=O)cc(C)n1CCc1cccc(Cl)c1. The second-order valence-electron chi connectivity index (χ2n) is 8.28. The van der Waals surface area contributed by atoms with E-state index in [0.717, 1.165) is 22.5 Å². The van der Waals surface area contributed by atoms with Crippen molar-refractivity contribution < 1.29 is 14.3 Å². The van der Waals surface area contributed by atoms with Crippen molar-refractivity contribution in [3.05, 3.63) is 97.9 Å². The van der Waals surface area contributed by atoms with Gasteiger partial charge in [-0.15, -0.1) is 0 Å². The van der Waals surface area contributed by atoms with Crippen molar-refractivity contribution in [2.24, 2.45) is 0 Å². The molecule has 2 N–H and O–H groups in total. The van der Waals surface area contributed by atoms with Crippen molar-refractivity contribution in [3.63, 3.8) is 0 Å².